The fourth-order valence-electron chi connectivity index (χ4n) is 4.41. The van der Waals surface area contributed by atoms with Crippen LogP contribution in [-0.4, -0.2) is 16.7 Å². The fraction of sp³-hybridized carbons (Fsp3) is 0.708. The van der Waals surface area contributed by atoms with Crippen molar-refractivity contribution in [1.82, 2.24) is 4.41 Å². The first-order valence-corrected chi connectivity index (χ1v) is 12.2. The third-order valence-corrected chi connectivity index (χ3v) is 7.49. The maximum absolute atomic E-state index is 4.77. The first-order chi connectivity index (χ1) is 13.3. The van der Waals surface area contributed by atoms with Crippen molar-refractivity contribution < 1.29 is 0 Å². The van der Waals surface area contributed by atoms with Gasteiger partial charge in [-0.3, -0.25) is 0 Å². The second kappa shape index (κ2) is 11.1. The lowest BCUT2D eigenvalue weighted by Crippen LogP contribution is -2.29. The molecule has 27 heavy (non-hydrogen) atoms. The van der Waals surface area contributed by atoms with Gasteiger partial charge in [-0.25, -0.2) is 4.41 Å². The van der Waals surface area contributed by atoms with Gasteiger partial charge in [0.1, 0.15) is 0 Å². The molecule has 2 aliphatic rings. The first kappa shape index (κ1) is 20.8. The van der Waals surface area contributed by atoms with Gasteiger partial charge in [0.25, 0.3) is 0 Å². The first-order valence-electron chi connectivity index (χ1n) is 11.4. The molecule has 0 spiro atoms. The van der Waals surface area contributed by atoms with Crippen molar-refractivity contribution in [3.05, 3.63) is 35.4 Å². The van der Waals surface area contributed by atoms with Crippen LogP contribution in [0, 0.1) is 5.92 Å². The molecule has 1 unspecified atom stereocenters. The quantitative estimate of drug-likeness (QED) is 0.305. The molecule has 1 fully saturated rings. The second-order valence-electron chi connectivity index (χ2n) is 8.46. The summed E-state index contributed by atoms with van der Waals surface area (Å²) in [5.41, 5.74) is 2.88. The van der Waals surface area contributed by atoms with Gasteiger partial charge in [-0.1, -0.05) is 76.6 Å². The Morgan fingerprint density at radius 1 is 0.926 bits per heavy atom. The molecular weight excluding hydrogens is 348 g/mol. The predicted molar refractivity (Wildman–Crippen MR) is 120 cm³/mol. The number of hydrogen-bond acceptors (Lipinski definition) is 3. The van der Waals surface area contributed by atoms with Crippen molar-refractivity contribution in [1.29, 1.82) is 0 Å². The van der Waals surface area contributed by atoms with Gasteiger partial charge in [0.15, 0.2) is 0 Å². The lowest BCUT2D eigenvalue weighted by atomic mass is 9.83. The van der Waals surface area contributed by atoms with Gasteiger partial charge < -0.3 is 0 Å². The molecule has 1 aliphatic carbocycles. The molecule has 0 saturated heterocycles. The molecule has 150 valence electrons. The highest BCUT2D eigenvalue weighted by Crippen LogP contribution is 2.41. The number of unbranched alkanes of at least 4 members (excludes halogenated alkanes) is 4. The number of benzene rings is 1. The zero-order valence-corrected chi connectivity index (χ0v) is 18.2. The number of hydrogen-bond donors (Lipinski definition) is 0. The van der Waals surface area contributed by atoms with Crippen molar-refractivity contribution in [3.8, 4) is 0 Å². The van der Waals surface area contributed by atoms with E-state index in [-0.39, 0.29) is 0 Å². The Labute approximate surface area is 171 Å². The van der Waals surface area contributed by atoms with Crippen molar-refractivity contribution in [2.45, 2.75) is 102 Å². The summed E-state index contributed by atoms with van der Waals surface area (Å²) in [7, 11) is 0. The van der Waals surface area contributed by atoms with E-state index in [1.807, 2.05) is 11.9 Å². The maximum atomic E-state index is 4.77. The van der Waals surface area contributed by atoms with Gasteiger partial charge in [0.05, 0.1) is 11.3 Å². The zero-order chi connectivity index (χ0) is 18.9. The summed E-state index contributed by atoms with van der Waals surface area (Å²) in [6, 6.07) is 9.93. The Bertz CT molecular complexity index is 560. The van der Waals surface area contributed by atoms with E-state index in [1.54, 1.807) is 0 Å². The zero-order valence-electron chi connectivity index (χ0n) is 17.4. The van der Waals surface area contributed by atoms with Gasteiger partial charge in [-0.05, 0) is 67.5 Å². The van der Waals surface area contributed by atoms with E-state index in [4.69, 9.17) is 5.10 Å². The minimum atomic E-state index is 0.400. The van der Waals surface area contributed by atoms with Gasteiger partial charge in [-0.15, -0.1) is 0 Å². The van der Waals surface area contributed by atoms with Crippen LogP contribution in [0.25, 0.3) is 0 Å². The Kier molecular flexibility index (Phi) is 8.57. The molecule has 0 bridgehead atoms. The molecule has 3 heteroatoms. The smallest absolute Gasteiger partial charge is 0.0882 e. The molecule has 2 nitrogen and oxygen atoms in total. The Morgan fingerprint density at radius 3 is 2.33 bits per heavy atom. The summed E-state index contributed by atoms with van der Waals surface area (Å²) in [5.74, 6) is 0.973. The fourth-order valence-corrected chi connectivity index (χ4v) is 5.53. The monoisotopic (exact) mass is 386 g/mol. The number of hydrazone groups is 1. The molecule has 1 aliphatic heterocycles. The number of rotatable bonds is 10. The van der Waals surface area contributed by atoms with Crippen LogP contribution < -0.4 is 0 Å². The number of nitrogens with zero attached hydrogens (tertiary/aromatic N) is 2. The highest BCUT2D eigenvalue weighted by Gasteiger charge is 2.30. The Morgan fingerprint density at radius 2 is 1.63 bits per heavy atom. The van der Waals surface area contributed by atoms with E-state index in [0.29, 0.717) is 11.3 Å². The maximum Gasteiger partial charge on any atom is 0.0882 e. The molecule has 1 aromatic carbocycles. The lowest BCUT2D eigenvalue weighted by Gasteiger charge is -2.33. The minimum absolute atomic E-state index is 0.400. The molecule has 1 atom stereocenters. The molecule has 1 heterocycles. The largest absolute Gasteiger partial charge is 0.235 e. The molecular formula is C24H38N2S. The van der Waals surface area contributed by atoms with E-state index in [1.165, 1.54) is 88.2 Å². The van der Waals surface area contributed by atoms with Crippen molar-refractivity contribution in [3.63, 3.8) is 0 Å². The average molecular weight is 387 g/mol. The van der Waals surface area contributed by atoms with Crippen LogP contribution in [0.3, 0.4) is 0 Å². The Hall–Kier alpha value is -0.960. The third-order valence-electron chi connectivity index (χ3n) is 6.26. The van der Waals surface area contributed by atoms with Gasteiger partial charge >= 0.3 is 0 Å². The van der Waals surface area contributed by atoms with Crippen LogP contribution in [0.1, 0.15) is 101 Å². The normalized spacial score (nSPS) is 25.3. The van der Waals surface area contributed by atoms with Crippen LogP contribution in [0.2, 0.25) is 0 Å². The van der Waals surface area contributed by atoms with Crippen molar-refractivity contribution >= 4 is 18.2 Å². The second-order valence-corrected chi connectivity index (χ2v) is 9.55. The van der Waals surface area contributed by atoms with E-state index in [9.17, 15) is 0 Å². The SMILES string of the molecule is CCCCCc1ccc(C2C=NN(C3CCC(CCCCC)CC3)S2)cc1. The summed E-state index contributed by atoms with van der Waals surface area (Å²) in [5, 5.41) is 5.17. The highest BCUT2D eigenvalue weighted by molar-refractivity contribution is 7.98. The van der Waals surface area contributed by atoms with Gasteiger partial charge in [-0.2, -0.15) is 5.10 Å². The average Bonchev–Trinajstić information content (AvgIpc) is 3.20. The van der Waals surface area contributed by atoms with Gasteiger partial charge in [0.2, 0.25) is 0 Å². The Balaban J connectivity index is 1.42. The molecule has 3 rings (SSSR count). The summed E-state index contributed by atoms with van der Waals surface area (Å²) in [6.07, 6.45) is 18.4. The summed E-state index contributed by atoms with van der Waals surface area (Å²) in [6.45, 7) is 4.57. The molecule has 0 amide bonds. The summed E-state index contributed by atoms with van der Waals surface area (Å²) >= 11 is 1.93. The van der Waals surface area contributed by atoms with Gasteiger partial charge in [0, 0.05) is 6.21 Å². The third kappa shape index (κ3) is 6.27. The van der Waals surface area contributed by atoms with Crippen LogP contribution in [0.5, 0.6) is 0 Å². The van der Waals surface area contributed by atoms with E-state index >= 15 is 0 Å². The van der Waals surface area contributed by atoms with Crippen LogP contribution in [0.4, 0.5) is 0 Å². The van der Waals surface area contributed by atoms with E-state index in [0.717, 1.165) is 5.92 Å². The summed E-state index contributed by atoms with van der Waals surface area (Å²) in [4.78, 5) is 0. The van der Waals surface area contributed by atoms with Crippen molar-refractivity contribution in [2.75, 3.05) is 0 Å². The highest BCUT2D eigenvalue weighted by atomic mass is 32.2. The molecule has 0 N–H and O–H groups in total. The van der Waals surface area contributed by atoms with E-state index < -0.39 is 0 Å². The van der Waals surface area contributed by atoms with Crippen molar-refractivity contribution in [2.24, 2.45) is 11.0 Å². The van der Waals surface area contributed by atoms with E-state index in [2.05, 4.69) is 48.7 Å². The minimum Gasteiger partial charge on any atom is -0.235 e. The predicted octanol–water partition coefficient (Wildman–Crippen LogP) is 7.55. The number of aryl methyl sites for hydroxylation is 1. The van der Waals surface area contributed by atoms with Crippen LogP contribution in [0.15, 0.2) is 29.4 Å². The van der Waals surface area contributed by atoms with Crippen LogP contribution in [-0.2, 0) is 6.42 Å². The summed E-state index contributed by atoms with van der Waals surface area (Å²) < 4.78 is 2.32. The molecule has 1 saturated carbocycles. The lowest BCUT2D eigenvalue weighted by molar-refractivity contribution is 0.224. The molecule has 0 aromatic heterocycles. The standard InChI is InChI=1S/C24H38N2S/c1-3-5-7-9-20-11-15-22(16-12-20)24-19-25-26(27-24)23-17-13-21(14-18-23)10-8-6-4-2/h11-12,15-16,19,21,23-24H,3-10,13-14,17-18H2,1-2H3. The topological polar surface area (TPSA) is 15.6 Å². The van der Waals surface area contributed by atoms with Crippen LogP contribution >= 0.6 is 11.9 Å². The molecule has 1 aromatic rings. The molecule has 0 radical (unpaired) electrons.